The first-order valence-corrected chi connectivity index (χ1v) is 5.06. The summed E-state index contributed by atoms with van der Waals surface area (Å²) < 4.78 is 26.3. The maximum Gasteiger partial charge on any atom is 0.243 e. The summed E-state index contributed by atoms with van der Waals surface area (Å²) in [5, 5.41) is 2.62. The molecular weight excluding hydrogens is 230 g/mol. The van der Waals surface area contributed by atoms with Gasteiger partial charge in [-0.2, -0.15) is 0 Å². The number of rotatable bonds is 2. The van der Waals surface area contributed by atoms with E-state index in [1.54, 1.807) is 0 Å². The first kappa shape index (κ1) is 11.7. The number of hydrogen-bond acceptors (Lipinski definition) is 3. The SMILES string of the molecule is O=C1CNCC(=O)N1Cc1cc(F)ccc1F. The molecule has 0 aromatic heterocycles. The van der Waals surface area contributed by atoms with Crippen LogP contribution in [0.4, 0.5) is 8.78 Å². The Morgan fingerprint density at radius 1 is 1.18 bits per heavy atom. The fraction of sp³-hybridized carbons (Fsp3) is 0.273. The Morgan fingerprint density at radius 2 is 1.82 bits per heavy atom. The summed E-state index contributed by atoms with van der Waals surface area (Å²) in [4.78, 5) is 23.8. The van der Waals surface area contributed by atoms with Crippen molar-refractivity contribution in [2.45, 2.75) is 6.54 Å². The standard InChI is InChI=1S/C11H10F2N2O2/c12-8-1-2-9(13)7(3-8)6-15-10(16)4-14-5-11(15)17/h1-3,14H,4-6H2. The highest BCUT2D eigenvalue weighted by molar-refractivity contribution is 5.99. The lowest BCUT2D eigenvalue weighted by Gasteiger charge is -2.25. The third kappa shape index (κ3) is 2.47. The molecule has 2 rings (SSSR count). The molecule has 90 valence electrons. The molecule has 17 heavy (non-hydrogen) atoms. The number of amides is 2. The molecule has 1 aromatic carbocycles. The first-order valence-electron chi connectivity index (χ1n) is 5.06. The smallest absolute Gasteiger partial charge is 0.243 e. The lowest BCUT2D eigenvalue weighted by atomic mass is 10.1. The molecule has 6 heteroatoms. The zero-order chi connectivity index (χ0) is 12.4. The Morgan fingerprint density at radius 3 is 2.47 bits per heavy atom. The summed E-state index contributed by atoms with van der Waals surface area (Å²) in [6.45, 7) is -0.172. The second-order valence-corrected chi connectivity index (χ2v) is 3.71. The van der Waals surface area contributed by atoms with E-state index in [2.05, 4.69) is 5.32 Å². The number of benzene rings is 1. The number of piperazine rings is 1. The van der Waals surface area contributed by atoms with Gasteiger partial charge >= 0.3 is 0 Å². The second-order valence-electron chi connectivity index (χ2n) is 3.71. The molecule has 1 aliphatic rings. The molecule has 0 spiro atoms. The second kappa shape index (κ2) is 4.58. The highest BCUT2D eigenvalue weighted by Gasteiger charge is 2.26. The molecule has 4 nitrogen and oxygen atoms in total. The molecule has 0 aliphatic carbocycles. The number of hydrogen-bond donors (Lipinski definition) is 1. The van der Waals surface area contributed by atoms with Gasteiger partial charge in [-0.25, -0.2) is 8.78 Å². The molecular formula is C11H10F2N2O2. The molecule has 1 aromatic rings. The first-order chi connectivity index (χ1) is 8.08. The lowest BCUT2D eigenvalue weighted by Crippen LogP contribution is -2.51. The van der Waals surface area contributed by atoms with Gasteiger partial charge in [0.15, 0.2) is 0 Å². The molecule has 1 fully saturated rings. The fourth-order valence-electron chi connectivity index (χ4n) is 1.62. The quantitative estimate of drug-likeness (QED) is 0.762. The molecule has 0 saturated carbocycles. The van der Waals surface area contributed by atoms with Gasteiger partial charge < -0.3 is 0 Å². The average Bonchev–Trinajstić information content (AvgIpc) is 2.28. The van der Waals surface area contributed by atoms with E-state index in [1.807, 2.05) is 0 Å². The van der Waals surface area contributed by atoms with Crippen LogP contribution in [0.25, 0.3) is 0 Å². The number of nitrogens with one attached hydrogen (secondary N) is 1. The van der Waals surface area contributed by atoms with Crippen molar-refractivity contribution in [3.63, 3.8) is 0 Å². The summed E-state index contributed by atoms with van der Waals surface area (Å²) >= 11 is 0. The van der Waals surface area contributed by atoms with Gasteiger partial charge in [-0.3, -0.25) is 19.8 Å². The fourth-order valence-corrected chi connectivity index (χ4v) is 1.62. The van der Waals surface area contributed by atoms with Crippen LogP contribution in [0, 0.1) is 11.6 Å². The number of nitrogens with zero attached hydrogens (tertiary/aromatic N) is 1. The lowest BCUT2D eigenvalue weighted by molar-refractivity contribution is -0.147. The summed E-state index contributed by atoms with van der Waals surface area (Å²) in [5.41, 5.74) is -0.00593. The van der Waals surface area contributed by atoms with E-state index in [4.69, 9.17) is 0 Å². The van der Waals surface area contributed by atoms with Crippen LogP contribution in [0.5, 0.6) is 0 Å². The van der Waals surface area contributed by atoms with Crippen molar-refractivity contribution in [1.29, 1.82) is 0 Å². The Hall–Kier alpha value is -1.82. The molecule has 0 bridgehead atoms. The third-order valence-corrected chi connectivity index (χ3v) is 2.49. The van der Waals surface area contributed by atoms with Crippen LogP contribution < -0.4 is 5.32 Å². The molecule has 0 radical (unpaired) electrons. The maximum atomic E-state index is 13.3. The molecule has 2 amide bonds. The Labute approximate surface area is 96.2 Å². The molecule has 0 unspecified atom stereocenters. The van der Waals surface area contributed by atoms with E-state index in [-0.39, 0.29) is 25.2 Å². The van der Waals surface area contributed by atoms with E-state index in [1.165, 1.54) is 0 Å². The molecule has 1 saturated heterocycles. The largest absolute Gasteiger partial charge is 0.300 e. The zero-order valence-corrected chi connectivity index (χ0v) is 8.87. The summed E-state index contributed by atoms with van der Waals surface area (Å²) in [6, 6.07) is 2.94. The number of carbonyl (C=O) groups is 2. The van der Waals surface area contributed by atoms with Crippen molar-refractivity contribution in [2.75, 3.05) is 13.1 Å². The predicted molar refractivity (Wildman–Crippen MR) is 54.8 cm³/mol. The van der Waals surface area contributed by atoms with Crippen molar-refractivity contribution in [3.05, 3.63) is 35.4 Å². The highest BCUT2D eigenvalue weighted by Crippen LogP contribution is 2.13. The molecule has 0 atom stereocenters. The predicted octanol–water partition coefficient (Wildman–Crippen LogP) is 0.423. The van der Waals surface area contributed by atoms with Gasteiger partial charge in [0.2, 0.25) is 11.8 Å². The molecule has 1 heterocycles. The van der Waals surface area contributed by atoms with Crippen molar-refractivity contribution in [1.82, 2.24) is 10.2 Å². The third-order valence-electron chi connectivity index (χ3n) is 2.49. The van der Waals surface area contributed by atoms with Crippen LogP contribution >= 0.6 is 0 Å². The van der Waals surface area contributed by atoms with Crippen LogP contribution in [0.3, 0.4) is 0 Å². The van der Waals surface area contributed by atoms with Crippen molar-refractivity contribution in [2.24, 2.45) is 0 Å². The van der Waals surface area contributed by atoms with Gasteiger partial charge in [0, 0.05) is 5.56 Å². The molecule has 1 aliphatic heterocycles. The minimum absolute atomic E-state index is 0.00593. The Balaban J connectivity index is 2.21. The van der Waals surface area contributed by atoms with Gasteiger partial charge in [0.1, 0.15) is 11.6 Å². The Bertz CT molecular complexity index is 461. The topological polar surface area (TPSA) is 49.4 Å². The summed E-state index contributed by atoms with van der Waals surface area (Å²) in [5.74, 6) is -2.11. The van der Waals surface area contributed by atoms with Crippen LogP contribution in [-0.4, -0.2) is 29.8 Å². The van der Waals surface area contributed by atoms with Gasteiger partial charge in [-0.1, -0.05) is 0 Å². The highest BCUT2D eigenvalue weighted by atomic mass is 19.1. The van der Waals surface area contributed by atoms with Gasteiger partial charge in [0.25, 0.3) is 0 Å². The number of halogens is 2. The van der Waals surface area contributed by atoms with Gasteiger partial charge in [0.05, 0.1) is 19.6 Å². The number of carbonyl (C=O) groups excluding carboxylic acids is 2. The van der Waals surface area contributed by atoms with E-state index < -0.39 is 23.4 Å². The normalized spacial score (nSPS) is 16.5. The average molecular weight is 240 g/mol. The molecule has 1 N–H and O–H groups in total. The number of imide groups is 1. The monoisotopic (exact) mass is 240 g/mol. The summed E-state index contributed by atoms with van der Waals surface area (Å²) in [7, 11) is 0. The van der Waals surface area contributed by atoms with E-state index in [9.17, 15) is 18.4 Å². The Kier molecular flexibility index (Phi) is 3.14. The maximum absolute atomic E-state index is 13.3. The van der Waals surface area contributed by atoms with Crippen LogP contribution in [0.2, 0.25) is 0 Å². The summed E-state index contributed by atoms with van der Waals surface area (Å²) in [6.07, 6.45) is 0. The van der Waals surface area contributed by atoms with Crippen molar-refractivity contribution < 1.29 is 18.4 Å². The van der Waals surface area contributed by atoms with Crippen molar-refractivity contribution >= 4 is 11.8 Å². The van der Waals surface area contributed by atoms with E-state index in [0.29, 0.717) is 0 Å². The van der Waals surface area contributed by atoms with Crippen molar-refractivity contribution in [3.8, 4) is 0 Å². The van der Waals surface area contributed by atoms with Gasteiger partial charge in [-0.15, -0.1) is 0 Å². The minimum Gasteiger partial charge on any atom is -0.300 e. The zero-order valence-electron chi connectivity index (χ0n) is 8.87. The van der Waals surface area contributed by atoms with Gasteiger partial charge in [-0.05, 0) is 18.2 Å². The van der Waals surface area contributed by atoms with E-state index in [0.717, 1.165) is 23.1 Å². The minimum atomic E-state index is -0.634. The van der Waals surface area contributed by atoms with Crippen LogP contribution in [-0.2, 0) is 16.1 Å². The van der Waals surface area contributed by atoms with Crippen LogP contribution in [0.1, 0.15) is 5.56 Å². The van der Waals surface area contributed by atoms with Crippen LogP contribution in [0.15, 0.2) is 18.2 Å². The van der Waals surface area contributed by atoms with E-state index >= 15 is 0 Å².